The number of hydrogen-bond donors (Lipinski definition) is 0. The maximum atomic E-state index is 14.0. The van der Waals surface area contributed by atoms with Crippen LogP contribution in [-0.4, -0.2) is 22.0 Å². The zero-order valence-electron chi connectivity index (χ0n) is 15.1. The van der Waals surface area contributed by atoms with Crippen molar-refractivity contribution in [1.82, 2.24) is 4.57 Å². The monoisotopic (exact) mass is 333 g/mol. The summed E-state index contributed by atoms with van der Waals surface area (Å²) in [5.41, 5.74) is 0.748. The topological polar surface area (TPSA) is 48.3 Å². The average molecular weight is 333 g/mol. The van der Waals surface area contributed by atoms with Crippen LogP contribution in [-0.2, 0) is 11.2 Å². The summed E-state index contributed by atoms with van der Waals surface area (Å²) in [6.07, 6.45) is -0.0300. The zero-order chi connectivity index (χ0) is 18.2. The number of carbonyl (C=O) groups excluding carboxylic acids is 2. The van der Waals surface area contributed by atoms with Crippen LogP contribution in [0.15, 0.2) is 18.2 Å². The highest BCUT2D eigenvalue weighted by Gasteiger charge is 2.25. The van der Waals surface area contributed by atoms with E-state index in [0.717, 1.165) is 0 Å². The second-order valence-electron chi connectivity index (χ2n) is 7.50. The fraction of sp³-hybridized carbons (Fsp3) is 0.474. The molecule has 5 heteroatoms. The number of Topliss-reactive ketones (excluding diaryl/α,β-unsaturated/α-hetero) is 1. The molecule has 0 saturated carbocycles. The van der Waals surface area contributed by atoms with Gasteiger partial charge in [0.2, 0.25) is 0 Å². The summed E-state index contributed by atoms with van der Waals surface area (Å²) < 4.78 is 20.7. The number of carbonyl (C=O) groups is 2. The molecule has 4 nitrogen and oxygen atoms in total. The average Bonchev–Trinajstić information content (AvgIpc) is 2.75. The molecule has 0 aliphatic carbocycles. The van der Waals surface area contributed by atoms with Crippen molar-refractivity contribution in [2.75, 3.05) is 0 Å². The first-order valence-electron chi connectivity index (χ1n) is 8.07. The quantitative estimate of drug-likeness (QED) is 0.746. The van der Waals surface area contributed by atoms with Gasteiger partial charge >= 0.3 is 6.09 Å². The first kappa shape index (κ1) is 18.2. The van der Waals surface area contributed by atoms with Crippen molar-refractivity contribution in [2.24, 2.45) is 5.92 Å². The third-order valence-electron chi connectivity index (χ3n) is 3.50. The first-order chi connectivity index (χ1) is 11.0. The predicted molar refractivity (Wildman–Crippen MR) is 92.1 cm³/mol. The molecule has 0 aliphatic heterocycles. The van der Waals surface area contributed by atoms with Crippen LogP contribution in [0.5, 0.6) is 0 Å². The van der Waals surface area contributed by atoms with Crippen LogP contribution in [0, 0.1) is 11.7 Å². The second kappa shape index (κ2) is 6.38. The van der Waals surface area contributed by atoms with Gasteiger partial charge in [-0.3, -0.25) is 4.79 Å². The van der Waals surface area contributed by atoms with Crippen molar-refractivity contribution < 1.29 is 18.7 Å². The summed E-state index contributed by atoms with van der Waals surface area (Å²) in [6, 6.07) is 4.31. The highest BCUT2D eigenvalue weighted by atomic mass is 19.1. The third-order valence-corrected chi connectivity index (χ3v) is 3.50. The maximum absolute atomic E-state index is 14.0. The van der Waals surface area contributed by atoms with Crippen LogP contribution < -0.4 is 0 Å². The Morgan fingerprint density at radius 3 is 2.33 bits per heavy atom. The molecule has 0 aliphatic rings. The van der Waals surface area contributed by atoms with E-state index in [-0.39, 0.29) is 23.2 Å². The number of nitrogens with zero attached hydrogens (tertiary/aromatic N) is 1. The van der Waals surface area contributed by atoms with Crippen LogP contribution in [0.1, 0.15) is 57.6 Å². The molecule has 0 radical (unpaired) electrons. The molecule has 1 aromatic carbocycles. The molecule has 2 aromatic rings. The number of aromatic nitrogens is 1. The minimum absolute atomic E-state index is 0.204. The van der Waals surface area contributed by atoms with Crippen molar-refractivity contribution in [2.45, 2.75) is 53.6 Å². The van der Waals surface area contributed by atoms with E-state index in [1.165, 1.54) is 23.6 Å². The molecule has 24 heavy (non-hydrogen) atoms. The van der Waals surface area contributed by atoms with Crippen LogP contribution in [0.2, 0.25) is 0 Å². The molecule has 0 saturated heterocycles. The number of benzene rings is 1. The van der Waals surface area contributed by atoms with Gasteiger partial charge in [0.25, 0.3) is 0 Å². The van der Waals surface area contributed by atoms with Crippen molar-refractivity contribution in [3.63, 3.8) is 0 Å². The minimum Gasteiger partial charge on any atom is -0.443 e. The summed E-state index contributed by atoms with van der Waals surface area (Å²) in [6.45, 7) is 10.7. The van der Waals surface area contributed by atoms with E-state index in [1.807, 2.05) is 13.8 Å². The van der Waals surface area contributed by atoms with Gasteiger partial charge in [-0.15, -0.1) is 0 Å². The molecule has 1 aromatic heterocycles. The van der Waals surface area contributed by atoms with Crippen LogP contribution in [0.4, 0.5) is 9.18 Å². The lowest BCUT2D eigenvalue weighted by Crippen LogP contribution is -2.28. The largest absolute Gasteiger partial charge is 0.443 e. The van der Waals surface area contributed by atoms with Crippen molar-refractivity contribution in [3.05, 3.63) is 35.3 Å². The standard InChI is InChI=1S/C19H24FNO3/c1-11(2)7-13-8-15(20)9-14-10-16(12(3)22)21(17(13)14)18(23)24-19(4,5)6/h8-11H,7H2,1-6H3. The van der Waals surface area contributed by atoms with E-state index in [0.29, 0.717) is 22.9 Å². The van der Waals surface area contributed by atoms with Gasteiger partial charge < -0.3 is 4.74 Å². The minimum atomic E-state index is -0.694. The maximum Gasteiger partial charge on any atom is 0.419 e. The molecule has 0 atom stereocenters. The van der Waals surface area contributed by atoms with E-state index in [4.69, 9.17) is 4.74 Å². The van der Waals surface area contributed by atoms with Gasteiger partial charge in [-0.1, -0.05) is 13.8 Å². The van der Waals surface area contributed by atoms with Gasteiger partial charge in [0.15, 0.2) is 5.78 Å². The summed E-state index contributed by atoms with van der Waals surface area (Å²) in [4.78, 5) is 24.7. The number of fused-ring (bicyclic) bond motifs is 1. The van der Waals surface area contributed by atoms with E-state index < -0.39 is 11.7 Å². The van der Waals surface area contributed by atoms with Crippen molar-refractivity contribution in [3.8, 4) is 0 Å². The van der Waals surface area contributed by atoms with Crippen molar-refractivity contribution >= 4 is 22.8 Å². The fourth-order valence-electron chi connectivity index (χ4n) is 2.75. The van der Waals surface area contributed by atoms with Gasteiger partial charge in [-0.2, -0.15) is 0 Å². The third kappa shape index (κ3) is 3.83. The molecule has 0 N–H and O–H groups in total. The summed E-state index contributed by atoms with van der Waals surface area (Å²) in [5, 5.41) is 0.529. The molecule has 0 fully saturated rings. The molecular formula is C19H24FNO3. The number of hydrogen-bond acceptors (Lipinski definition) is 3. The molecule has 1 heterocycles. The normalized spacial score (nSPS) is 12.0. The van der Waals surface area contributed by atoms with Crippen LogP contribution in [0.3, 0.4) is 0 Å². The van der Waals surface area contributed by atoms with E-state index >= 15 is 0 Å². The predicted octanol–water partition coefficient (Wildman–Crippen LogP) is 4.96. The molecule has 0 spiro atoms. The highest BCUT2D eigenvalue weighted by molar-refractivity contribution is 6.04. The number of rotatable bonds is 3. The number of ether oxygens (including phenoxy) is 1. The number of ketones is 1. The molecule has 0 amide bonds. The van der Waals surface area contributed by atoms with Gasteiger partial charge in [0.1, 0.15) is 11.4 Å². The fourth-order valence-corrected chi connectivity index (χ4v) is 2.75. The Morgan fingerprint density at radius 2 is 1.83 bits per heavy atom. The lowest BCUT2D eigenvalue weighted by atomic mass is 10.0. The first-order valence-corrected chi connectivity index (χ1v) is 8.07. The molecule has 0 bridgehead atoms. The Balaban J connectivity index is 2.76. The molecule has 130 valence electrons. The van der Waals surface area contributed by atoms with E-state index in [2.05, 4.69) is 0 Å². The summed E-state index contributed by atoms with van der Waals surface area (Å²) >= 11 is 0. The Kier molecular flexibility index (Phi) is 4.83. The molecular weight excluding hydrogens is 309 g/mol. The van der Waals surface area contributed by atoms with Gasteiger partial charge in [-0.05, 0) is 56.9 Å². The van der Waals surface area contributed by atoms with Crippen LogP contribution >= 0.6 is 0 Å². The molecule has 0 unspecified atom stereocenters. The Morgan fingerprint density at radius 1 is 1.21 bits per heavy atom. The summed E-state index contributed by atoms with van der Waals surface area (Å²) in [7, 11) is 0. The second-order valence-corrected chi connectivity index (χ2v) is 7.50. The smallest absolute Gasteiger partial charge is 0.419 e. The van der Waals surface area contributed by atoms with E-state index in [9.17, 15) is 14.0 Å². The lowest BCUT2D eigenvalue weighted by Gasteiger charge is -2.21. The SMILES string of the molecule is CC(=O)c1cc2cc(F)cc(CC(C)C)c2n1C(=O)OC(C)(C)C. The molecule has 2 rings (SSSR count). The van der Waals surface area contributed by atoms with Crippen LogP contribution in [0.25, 0.3) is 10.9 Å². The van der Waals surface area contributed by atoms with Gasteiger partial charge in [-0.25, -0.2) is 13.8 Å². The zero-order valence-corrected chi connectivity index (χ0v) is 15.1. The highest BCUT2D eigenvalue weighted by Crippen LogP contribution is 2.28. The van der Waals surface area contributed by atoms with E-state index in [1.54, 1.807) is 26.8 Å². The van der Waals surface area contributed by atoms with Gasteiger partial charge in [0.05, 0.1) is 11.2 Å². The summed E-state index contributed by atoms with van der Waals surface area (Å²) in [5.74, 6) is -0.375. The Bertz CT molecular complexity index is 797. The number of halogens is 1. The lowest BCUT2D eigenvalue weighted by molar-refractivity contribution is 0.0535. The Labute approximate surface area is 141 Å². The van der Waals surface area contributed by atoms with Crippen molar-refractivity contribution in [1.29, 1.82) is 0 Å². The Hall–Kier alpha value is -2.17. The van der Waals surface area contributed by atoms with Gasteiger partial charge in [0, 0.05) is 12.3 Å².